The average Bonchev–Trinajstić information content (AvgIpc) is 2.56. The Morgan fingerprint density at radius 2 is 1.71 bits per heavy atom. The summed E-state index contributed by atoms with van der Waals surface area (Å²) in [7, 11) is -3.60. The first kappa shape index (κ1) is 18.4. The summed E-state index contributed by atoms with van der Waals surface area (Å²) in [5.74, 6) is -0.586. The van der Waals surface area contributed by atoms with Crippen LogP contribution in [0.4, 0.5) is 0 Å². The van der Waals surface area contributed by atoms with E-state index in [9.17, 15) is 13.2 Å². The number of hydrogen-bond acceptors (Lipinski definition) is 3. The van der Waals surface area contributed by atoms with E-state index in [1.807, 2.05) is 37.3 Å². The Bertz CT molecular complexity index is 777. The molecule has 2 aromatic carbocycles. The first-order valence-corrected chi connectivity index (χ1v) is 9.45. The zero-order valence-electron chi connectivity index (χ0n) is 13.2. The van der Waals surface area contributed by atoms with Crippen molar-refractivity contribution in [1.29, 1.82) is 0 Å². The fraction of sp³-hybridized carbons (Fsp3) is 0.235. The number of rotatable bonds is 7. The third-order valence-electron chi connectivity index (χ3n) is 3.40. The van der Waals surface area contributed by atoms with E-state index in [2.05, 4.69) is 10.0 Å². The highest BCUT2D eigenvalue weighted by Gasteiger charge is 2.15. The van der Waals surface area contributed by atoms with Crippen molar-refractivity contribution in [3.63, 3.8) is 0 Å². The normalized spacial score (nSPS) is 12.6. The molecule has 0 saturated heterocycles. The van der Waals surface area contributed by atoms with Gasteiger partial charge in [0.1, 0.15) is 0 Å². The van der Waals surface area contributed by atoms with Crippen LogP contribution in [0.2, 0.25) is 5.02 Å². The molecule has 1 atom stereocenters. The molecule has 0 aliphatic carbocycles. The molecule has 0 bridgehead atoms. The molecular formula is C17H19ClN2O3S. The molecule has 7 heteroatoms. The maximum absolute atomic E-state index is 12.0. The maximum Gasteiger partial charge on any atom is 0.235 e. The van der Waals surface area contributed by atoms with Gasteiger partial charge in [0, 0.05) is 5.02 Å². The number of carbonyl (C=O) groups excluding carboxylic acids is 1. The lowest BCUT2D eigenvalue weighted by atomic mass is 10.1. The fourth-order valence-corrected chi connectivity index (χ4v) is 3.35. The van der Waals surface area contributed by atoms with Crippen LogP contribution in [-0.4, -0.2) is 20.9 Å². The van der Waals surface area contributed by atoms with Crippen LogP contribution < -0.4 is 10.0 Å². The lowest BCUT2D eigenvalue weighted by Crippen LogP contribution is -2.38. The predicted molar refractivity (Wildman–Crippen MR) is 95.1 cm³/mol. The van der Waals surface area contributed by atoms with E-state index < -0.39 is 10.0 Å². The molecule has 0 radical (unpaired) electrons. The molecule has 0 saturated carbocycles. The van der Waals surface area contributed by atoms with Gasteiger partial charge in [0.25, 0.3) is 0 Å². The Hall–Kier alpha value is -1.89. The second kappa shape index (κ2) is 8.28. The van der Waals surface area contributed by atoms with Crippen molar-refractivity contribution < 1.29 is 13.2 Å². The van der Waals surface area contributed by atoms with Crippen LogP contribution in [0.15, 0.2) is 54.6 Å². The third kappa shape index (κ3) is 5.96. The summed E-state index contributed by atoms with van der Waals surface area (Å²) in [4.78, 5) is 11.9. The summed E-state index contributed by atoms with van der Waals surface area (Å²) < 4.78 is 26.3. The van der Waals surface area contributed by atoms with Crippen molar-refractivity contribution in [2.24, 2.45) is 0 Å². The summed E-state index contributed by atoms with van der Waals surface area (Å²) in [6.07, 6.45) is 0. The summed E-state index contributed by atoms with van der Waals surface area (Å²) in [6.45, 7) is 1.54. The number of benzene rings is 2. The first-order chi connectivity index (χ1) is 11.4. The molecule has 0 aliphatic heterocycles. The van der Waals surface area contributed by atoms with Crippen molar-refractivity contribution in [1.82, 2.24) is 10.0 Å². The molecule has 0 fully saturated rings. The standard InChI is InChI=1S/C17H19ClN2O3S/c1-13(15-5-3-2-4-6-15)20-17(21)11-19-24(22,23)12-14-7-9-16(18)10-8-14/h2-10,13,19H,11-12H2,1H3,(H,20,21). The topological polar surface area (TPSA) is 75.3 Å². The van der Waals surface area contributed by atoms with E-state index in [4.69, 9.17) is 11.6 Å². The molecule has 5 nitrogen and oxygen atoms in total. The van der Waals surface area contributed by atoms with Crippen LogP contribution in [0.1, 0.15) is 24.1 Å². The van der Waals surface area contributed by atoms with Gasteiger partial charge in [-0.05, 0) is 30.2 Å². The molecule has 128 valence electrons. The predicted octanol–water partition coefficient (Wildman–Crippen LogP) is 2.64. The Morgan fingerprint density at radius 1 is 1.08 bits per heavy atom. The molecule has 0 spiro atoms. The SMILES string of the molecule is CC(NC(=O)CNS(=O)(=O)Cc1ccc(Cl)cc1)c1ccccc1. The second-order valence-corrected chi connectivity index (χ2v) is 7.65. The van der Waals surface area contributed by atoms with E-state index >= 15 is 0 Å². The van der Waals surface area contributed by atoms with Gasteiger partial charge in [-0.1, -0.05) is 54.1 Å². The van der Waals surface area contributed by atoms with Crippen LogP contribution in [0, 0.1) is 0 Å². The van der Waals surface area contributed by atoms with Gasteiger partial charge in [-0.2, -0.15) is 0 Å². The maximum atomic E-state index is 12.0. The van der Waals surface area contributed by atoms with Gasteiger partial charge in [0.15, 0.2) is 0 Å². The Morgan fingerprint density at radius 3 is 2.33 bits per heavy atom. The van der Waals surface area contributed by atoms with Gasteiger partial charge >= 0.3 is 0 Å². The van der Waals surface area contributed by atoms with Gasteiger partial charge in [-0.3, -0.25) is 4.79 Å². The van der Waals surface area contributed by atoms with Gasteiger partial charge in [-0.25, -0.2) is 13.1 Å². The molecule has 2 aromatic rings. The monoisotopic (exact) mass is 366 g/mol. The average molecular weight is 367 g/mol. The van der Waals surface area contributed by atoms with Crippen LogP contribution in [0.3, 0.4) is 0 Å². The van der Waals surface area contributed by atoms with Crippen LogP contribution in [0.25, 0.3) is 0 Å². The van der Waals surface area contributed by atoms with Gasteiger partial charge in [0.05, 0.1) is 18.3 Å². The van der Waals surface area contributed by atoms with E-state index in [-0.39, 0.29) is 24.2 Å². The number of nitrogens with one attached hydrogen (secondary N) is 2. The lowest BCUT2D eigenvalue weighted by molar-refractivity contribution is -0.120. The minimum absolute atomic E-state index is 0.195. The highest BCUT2D eigenvalue weighted by molar-refractivity contribution is 7.88. The molecule has 1 amide bonds. The van der Waals surface area contributed by atoms with Gasteiger partial charge in [0.2, 0.25) is 15.9 Å². The number of amides is 1. The van der Waals surface area contributed by atoms with Gasteiger partial charge < -0.3 is 5.32 Å². The zero-order chi connectivity index (χ0) is 17.6. The molecule has 24 heavy (non-hydrogen) atoms. The highest BCUT2D eigenvalue weighted by Crippen LogP contribution is 2.12. The van der Waals surface area contributed by atoms with Crippen LogP contribution in [0.5, 0.6) is 0 Å². The lowest BCUT2D eigenvalue weighted by Gasteiger charge is -2.14. The largest absolute Gasteiger partial charge is 0.348 e. The summed E-state index contributed by atoms with van der Waals surface area (Å²) >= 11 is 5.77. The molecule has 2 N–H and O–H groups in total. The zero-order valence-corrected chi connectivity index (χ0v) is 14.8. The Balaban J connectivity index is 1.85. The second-order valence-electron chi connectivity index (χ2n) is 5.41. The number of halogens is 1. The van der Waals surface area contributed by atoms with Crippen LogP contribution >= 0.6 is 11.6 Å². The van der Waals surface area contributed by atoms with Crippen molar-refractivity contribution in [2.75, 3.05) is 6.54 Å². The molecule has 0 aliphatic rings. The third-order valence-corrected chi connectivity index (χ3v) is 4.95. The molecular weight excluding hydrogens is 348 g/mol. The quantitative estimate of drug-likeness (QED) is 0.791. The highest BCUT2D eigenvalue weighted by atomic mass is 35.5. The van der Waals surface area contributed by atoms with E-state index in [1.54, 1.807) is 24.3 Å². The van der Waals surface area contributed by atoms with Crippen molar-refractivity contribution in [2.45, 2.75) is 18.7 Å². The van der Waals surface area contributed by atoms with E-state index in [1.165, 1.54) is 0 Å². The number of hydrogen-bond donors (Lipinski definition) is 2. The van der Waals surface area contributed by atoms with Crippen LogP contribution in [-0.2, 0) is 20.6 Å². The number of carbonyl (C=O) groups is 1. The van der Waals surface area contributed by atoms with Crippen molar-refractivity contribution >= 4 is 27.5 Å². The first-order valence-electron chi connectivity index (χ1n) is 7.42. The minimum atomic E-state index is -3.60. The summed E-state index contributed by atoms with van der Waals surface area (Å²) in [5.41, 5.74) is 1.56. The molecule has 1 unspecified atom stereocenters. The smallest absolute Gasteiger partial charge is 0.235 e. The van der Waals surface area contributed by atoms with Crippen molar-refractivity contribution in [3.05, 3.63) is 70.7 Å². The van der Waals surface area contributed by atoms with Gasteiger partial charge in [-0.15, -0.1) is 0 Å². The Kier molecular flexibility index (Phi) is 6.36. The fourth-order valence-electron chi connectivity index (χ4n) is 2.14. The summed E-state index contributed by atoms with van der Waals surface area (Å²) in [6, 6.07) is 15.8. The van der Waals surface area contributed by atoms with E-state index in [0.29, 0.717) is 10.6 Å². The van der Waals surface area contributed by atoms with E-state index in [0.717, 1.165) is 5.56 Å². The molecule has 0 heterocycles. The van der Waals surface area contributed by atoms with Crippen molar-refractivity contribution in [3.8, 4) is 0 Å². The minimum Gasteiger partial charge on any atom is -0.348 e. The molecule has 2 rings (SSSR count). The molecule has 0 aromatic heterocycles. The number of sulfonamides is 1. The Labute approximate surface area is 147 Å². The summed E-state index contributed by atoms with van der Waals surface area (Å²) in [5, 5.41) is 3.30.